The van der Waals surface area contributed by atoms with Crippen LogP contribution >= 0.6 is 11.3 Å². The summed E-state index contributed by atoms with van der Waals surface area (Å²) in [6, 6.07) is 7.92. The highest BCUT2D eigenvalue weighted by Crippen LogP contribution is 2.22. The fourth-order valence-electron chi connectivity index (χ4n) is 2.63. The number of thiophene rings is 1. The summed E-state index contributed by atoms with van der Waals surface area (Å²) in [4.78, 5) is 24.1. The minimum atomic E-state index is -3.72. The molecular weight excluding hydrogens is 388 g/mol. The molecule has 9 heteroatoms. The van der Waals surface area contributed by atoms with Crippen molar-refractivity contribution in [3.05, 3.63) is 51.7 Å². The molecule has 0 fully saturated rings. The number of hydrogen-bond donors (Lipinski definition) is 3. The molecule has 27 heavy (non-hydrogen) atoms. The van der Waals surface area contributed by atoms with Gasteiger partial charge >= 0.3 is 5.97 Å². The van der Waals surface area contributed by atoms with Gasteiger partial charge in [-0.1, -0.05) is 23.8 Å². The van der Waals surface area contributed by atoms with Crippen LogP contribution in [0.5, 0.6) is 0 Å². The zero-order valence-corrected chi connectivity index (χ0v) is 16.7. The summed E-state index contributed by atoms with van der Waals surface area (Å²) in [5.74, 6) is -1.44. The van der Waals surface area contributed by atoms with Crippen LogP contribution in [0.25, 0.3) is 0 Å². The second-order valence-corrected chi connectivity index (χ2v) is 8.86. The Labute approximate surface area is 162 Å². The fourth-order valence-corrected chi connectivity index (χ4v) is 4.67. The van der Waals surface area contributed by atoms with Gasteiger partial charge in [0.05, 0.1) is 17.4 Å². The average molecular weight is 411 g/mol. The van der Waals surface area contributed by atoms with Crippen molar-refractivity contribution in [2.24, 2.45) is 0 Å². The lowest BCUT2D eigenvalue weighted by molar-refractivity contribution is -0.137. The summed E-state index contributed by atoms with van der Waals surface area (Å²) in [6.07, 6.45) is -0.327. The van der Waals surface area contributed by atoms with Crippen molar-refractivity contribution in [2.45, 2.75) is 37.6 Å². The molecule has 1 atom stereocenters. The molecule has 0 spiro atoms. The number of hydrogen-bond acceptors (Lipinski definition) is 5. The van der Waals surface area contributed by atoms with Crippen LogP contribution in [0.1, 0.15) is 34.9 Å². The number of benzene rings is 1. The Balaban J connectivity index is 1.93. The number of rotatable bonds is 9. The molecule has 1 heterocycles. The Morgan fingerprint density at radius 3 is 2.56 bits per heavy atom. The summed E-state index contributed by atoms with van der Waals surface area (Å²) in [5.41, 5.74) is 1.59. The predicted octanol–water partition coefficient (Wildman–Crippen LogP) is 2.37. The molecule has 0 aliphatic heterocycles. The van der Waals surface area contributed by atoms with Gasteiger partial charge in [-0.05, 0) is 36.9 Å². The summed E-state index contributed by atoms with van der Waals surface area (Å²) in [6.45, 7) is 3.51. The van der Waals surface area contributed by atoms with E-state index in [0.29, 0.717) is 5.56 Å². The number of carbonyl (C=O) groups excluding carboxylic acids is 1. The zero-order chi connectivity index (χ0) is 20.0. The van der Waals surface area contributed by atoms with E-state index >= 15 is 0 Å². The highest BCUT2D eigenvalue weighted by molar-refractivity contribution is 7.89. The average Bonchev–Trinajstić information content (AvgIpc) is 3.07. The first kappa shape index (κ1) is 21.1. The number of carbonyl (C=O) groups is 2. The summed E-state index contributed by atoms with van der Waals surface area (Å²) < 4.78 is 27.2. The van der Waals surface area contributed by atoms with Crippen LogP contribution in [-0.4, -0.2) is 31.9 Å². The van der Waals surface area contributed by atoms with Crippen LogP contribution < -0.4 is 10.0 Å². The van der Waals surface area contributed by atoms with E-state index in [1.807, 2.05) is 6.92 Å². The van der Waals surface area contributed by atoms with E-state index in [4.69, 9.17) is 5.11 Å². The van der Waals surface area contributed by atoms with E-state index in [2.05, 4.69) is 10.0 Å². The monoisotopic (exact) mass is 410 g/mol. The second kappa shape index (κ2) is 9.12. The van der Waals surface area contributed by atoms with E-state index in [-0.39, 0.29) is 24.3 Å². The van der Waals surface area contributed by atoms with Crippen LogP contribution in [-0.2, 0) is 19.6 Å². The third-order valence-electron chi connectivity index (χ3n) is 3.86. The first-order chi connectivity index (χ1) is 12.7. The maximum Gasteiger partial charge on any atom is 0.305 e. The lowest BCUT2D eigenvalue weighted by atomic mass is 10.1. The van der Waals surface area contributed by atoms with Gasteiger partial charge in [-0.2, -0.15) is 0 Å². The Kier molecular flexibility index (Phi) is 7.11. The van der Waals surface area contributed by atoms with Crippen molar-refractivity contribution in [1.29, 1.82) is 0 Å². The topological polar surface area (TPSA) is 113 Å². The lowest BCUT2D eigenvalue weighted by Crippen LogP contribution is -2.33. The molecule has 0 radical (unpaired) electrons. The molecule has 2 aromatic rings. The van der Waals surface area contributed by atoms with Crippen molar-refractivity contribution in [3.8, 4) is 0 Å². The Hall–Kier alpha value is -2.23. The van der Waals surface area contributed by atoms with Gasteiger partial charge in [0.2, 0.25) is 15.9 Å². The van der Waals surface area contributed by atoms with Crippen LogP contribution in [0.15, 0.2) is 40.6 Å². The van der Waals surface area contributed by atoms with Crippen molar-refractivity contribution in [1.82, 2.24) is 10.0 Å². The van der Waals surface area contributed by atoms with Crippen molar-refractivity contribution in [2.75, 3.05) is 6.54 Å². The largest absolute Gasteiger partial charge is 0.481 e. The maximum atomic E-state index is 12.4. The van der Waals surface area contributed by atoms with E-state index in [9.17, 15) is 18.0 Å². The Morgan fingerprint density at radius 1 is 1.22 bits per heavy atom. The number of amides is 1. The van der Waals surface area contributed by atoms with Gasteiger partial charge in [0, 0.05) is 17.8 Å². The third-order valence-corrected chi connectivity index (χ3v) is 6.47. The smallest absolute Gasteiger partial charge is 0.305 e. The number of carboxylic acids is 1. The van der Waals surface area contributed by atoms with Crippen LogP contribution in [0, 0.1) is 13.8 Å². The summed E-state index contributed by atoms with van der Waals surface area (Å²) >= 11 is 1.35. The molecule has 0 aliphatic carbocycles. The molecule has 1 amide bonds. The summed E-state index contributed by atoms with van der Waals surface area (Å²) in [7, 11) is -3.72. The molecule has 1 aromatic heterocycles. The van der Waals surface area contributed by atoms with Crippen LogP contribution in [0.4, 0.5) is 0 Å². The maximum absolute atomic E-state index is 12.4. The molecule has 2 rings (SSSR count). The normalized spacial score (nSPS) is 12.5. The minimum absolute atomic E-state index is 0.0777. The van der Waals surface area contributed by atoms with E-state index < -0.39 is 27.9 Å². The molecular formula is C18H22N2O5S2. The predicted molar refractivity (Wildman–Crippen MR) is 103 cm³/mol. The van der Waals surface area contributed by atoms with Crippen molar-refractivity contribution >= 4 is 33.2 Å². The number of aryl methyl sites for hydroxylation is 2. The Bertz CT molecular complexity index is 908. The molecule has 0 saturated heterocycles. The quantitative estimate of drug-likeness (QED) is 0.587. The molecule has 0 aliphatic rings. The number of sulfonamides is 1. The molecule has 7 nitrogen and oxygen atoms in total. The van der Waals surface area contributed by atoms with Gasteiger partial charge in [-0.15, -0.1) is 11.3 Å². The molecule has 0 saturated carbocycles. The number of nitrogens with one attached hydrogen (secondary N) is 2. The molecule has 1 aromatic carbocycles. The number of aliphatic carboxylic acids is 1. The van der Waals surface area contributed by atoms with Gasteiger partial charge in [0.15, 0.2) is 0 Å². The van der Waals surface area contributed by atoms with Gasteiger partial charge in [-0.25, -0.2) is 13.1 Å². The molecule has 3 N–H and O–H groups in total. The van der Waals surface area contributed by atoms with E-state index in [1.54, 1.807) is 36.6 Å². The standard InChI is InChI=1S/C18H22N2O5S2/c1-12-5-6-16(13(2)10-12)27(24,25)19-8-7-17(21)20-14(11-18(22)23)15-4-3-9-26-15/h3-6,9-10,14,19H,7-8,11H2,1-2H3,(H,20,21)(H,22,23). The molecule has 0 bridgehead atoms. The lowest BCUT2D eigenvalue weighted by Gasteiger charge is -2.16. The molecule has 146 valence electrons. The first-order valence-corrected chi connectivity index (χ1v) is 10.7. The van der Waals surface area contributed by atoms with Gasteiger partial charge in [-0.3, -0.25) is 9.59 Å². The second-order valence-electron chi connectivity index (χ2n) is 6.15. The Morgan fingerprint density at radius 2 is 1.96 bits per heavy atom. The highest BCUT2D eigenvalue weighted by Gasteiger charge is 2.20. The first-order valence-electron chi connectivity index (χ1n) is 8.30. The number of carboxylic acid groups (broad SMARTS) is 1. The fraction of sp³-hybridized carbons (Fsp3) is 0.333. The van der Waals surface area contributed by atoms with Gasteiger partial charge < -0.3 is 10.4 Å². The summed E-state index contributed by atoms with van der Waals surface area (Å²) in [5, 5.41) is 13.5. The third kappa shape index (κ3) is 6.16. The van der Waals surface area contributed by atoms with Gasteiger partial charge in [0.1, 0.15) is 0 Å². The SMILES string of the molecule is Cc1ccc(S(=O)(=O)NCCC(=O)NC(CC(=O)O)c2cccs2)c(C)c1. The van der Waals surface area contributed by atoms with Gasteiger partial charge in [0.25, 0.3) is 0 Å². The minimum Gasteiger partial charge on any atom is -0.481 e. The van der Waals surface area contributed by atoms with Crippen LogP contribution in [0.3, 0.4) is 0 Å². The van der Waals surface area contributed by atoms with Crippen molar-refractivity contribution in [3.63, 3.8) is 0 Å². The van der Waals surface area contributed by atoms with Crippen LogP contribution in [0.2, 0.25) is 0 Å². The van der Waals surface area contributed by atoms with Crippen molar-refractivity contribution < 1.29 is 23.1 Å². The van der Waals surface area contributed by atoms with E-state index in [0.717, 1.165) is 10.4 Å². The zero-order valence-electron chi connectivity index (χ0n) is 15.1. The highest BCUT2D eigenvalue weighted by atomic mass is 32.2. The molecule has 1 unspecified atom stereocenters. The van der Waals surface area contributed by atoms with E-state index in [1.165, 1.54) is 17.4 Å².